The fourth-order valence-corrected chi connectivity index (χ4v) is 1.80. The van der Waals surface area contributed by atoms with Gasteiger partial charge in [0.2, 0.25) is 5.88 Å². The highest BCUT2D eigenvalue weighted by atomic mass is 35.5. The molecule has 0 fully saturated rings. The van der Waals surface area contributed by atoms with Crippen molar-refractivity contribution in [1.82, 2.24) is 4.98 Å². The van der Waals surface area contributed by atoms with E-state index in [1.807, 2.05) is 0 Å². The van der Waals surface area contributed by atoms with E-state index in [-0.39, 0.29) is 11.8 Å². The summed E-state index contributed by atoms with van der Waals surface area (Å²) in [6.45, 7) is 2.05. The number of aliphatic imine (C=N–C) groups is 1. The summed E-state index contributed by atoms with van der Waals surface area (Å²) in [7, 11) is 0. The van der Waals surface area contributed by atoms with E-state index >= 15 is 0 Å². The molecule has 2 rings (SSSR count). The first-order chi connectivity index (χ1) is 11.1. The molecule has 0 atom stereocenters. The maximum absolute atomic E-state index is 11.7. The number of carbonyl (C=O) groups is 1. The minimum absolute atomic E-state index is 0.147. The molecule has 1 aromatic carbocycles. The number of carbonyl (C=O) groups excluding carboxylic acids is 1. The minimum atomic E-state index is -0.423. The quantitative estimate of drug-likeness (QED) is 0.379. The van der Waals surface area contributed by atoms with Gasteiger partial charge in [-0.05, 0) is 25.1 Å². The van der Waals surface area contributed by atoms with Crippen molar-refractivity contribution in [2.45, 2.75) is 6.92 Å². The predicted molar refractivity (Wildman–Crippen MR) is 88.7 cm³/mol. The minimum Gasteiger partial charge on any atom is -0.462 e. The van der Waals surface area contributed by atoms with Crippen molar-refractivity contribution in [3.63, 3.8) is 0 Å². The molecule has 1 aromatic heterocycles. The molecule has 0 saturated carbocycles. The van der Waals surface area contributed by atoms with Gasteiger partial charge >= 0.3 is 5.97 Å². The van der Waals surface area contributed by atoms with Crippen LogP contribution in [0.1, 0.15) is 17.3 Å². The molecule has 23 heavy (non-hydrogen) atoms. The molecule has 0 bridgehead atoms. The third kappa shape index (κ3) is 4.96. The molecule has 0 amide bonds. The molecule has 7 heteroatoms. The number of halogens is 1. The molecule has 0 saturated heterocycles. The van der Waals surface area contributed by atoms with Crippen LogP contribution in [0.15, 0.2) is 47.6 Å². The van der Waals surface area contributed by atoms with Crippen molar-refractivity contribution >= 4 is 29.1 Å². The van der Waals surface area contributed by atoms with E-state index in [0.29, 0.717) is 29.4 Å². The number of hydrogen-bond donors (Lipinski definition) is 1. The Hall–Kier alpha value is -2.60. The van der Waals surface area contributed by atoms with E-state index in [2.05, 4.69) is 9.98 Å². The topological polar surface area (TPSA) is 86.8 Å². The van der Waals surface area contributed by atoms with Crippen LogP contribution in [0.25, 0.3) is 0 Å². The summed E-state index contributed by atoms with van der Waals surface area (Å²) < 4.78 is 10.6. The Kier molecular flexibility index (Phi) is 5.94. The monoisotopic (exact) mass is 333 g/mol. The Balaban J connectivity index is 2.18. The number of aromatic nitrogens is 1. The molecular weight excluding hydrogens is 318 g/mol. The van der Waals surface area contributed by atoms with Crippen LogP contribution in [0, 0.1) is 0 Å². The number of benzene rings is 1. The average molecular weight is 334 g/mol. The van der Waals surface area contributed by atoms with Crippen LogP contribution in [0.5, 0.6) is 11.6 Å². The van der Waals surface area contributed by atoms with Gasteiger partial charge in [-0.3, -0.25) is 0 Å². The zero-order valence-corrected chi connectivity index (χ0v) is 13.3. The number of alkyl halides is 1. The van der Waals surface area contributed by atoms with E-state index in [1.165, 1.54) is 12.3 Å². The van der Waals surface area contributed by atoms with E-state index in [0.717, 1.165) is 0 Å². The van der Waals surface area contributed by atoms with Crippen LogP contribution >= 0.6 is 11.6 Å². The van der Waals surface area contributed by atoms with Gasteiger partial charge in [-0.15, -0.1) is 11.6 Å². The first-order valence-electron chi connectivity index (χ1n) is 6.92. The summed E-state index contributed by atoms with van der Waals surface area (Å²) in [6, 6.07) is 10.1. The van der Waals surface area contributed by atoms with Crippen molar-refractivity contribution in [3.8, 4) is 11.6 Å². The Bertz CT molecular complexity index is 719. The molecule has 0 unspecified atom stereocenters. The maximum atomic E-state index is 11.7. The average Bonchev–Trinajstić information content (AvgIpc) is 2.55. The lowest BCUT2D eigenvalue weighted by Gasteiger charge is -2.07. The number of pyridine rings is 1. The highest BCUT2D eigenvalue weighted by Gasteiger charge is 2.09. The van der Waals surface area contributed by atoms with Crippen molar-refractivity contribution in [2.24, 2.45) is 10.7 Å². The maximum Gasteiger partial charge on any atom is 0.338 e. The molecule has 0 aliphatic carbocycles. The highest BCUT2D eigenvalue weighted by molar-refractivity contribution is 6.28. The Morgan fingerprint density at radius 1 is 1.35 bits per heavy atom. The highest BCUT2D eigenvalue weighted by Crippen LogP contribution is 2.25. The molecule has 0 aliphatic rings. The summed E-state index contributed by atoms with van der Waals surface area (Å²) >= 11 is 5.60. The fraction of sp³-hybridized carbons (Fsp3) is 0.188. The van der Waals surface area contributed by atoms with Crippen LogP contribution < -0.4 is 10.5 Å². The lowest BCUT2D eigenvalue weighted by Crippen LogP contribution is -2.12. The summed E-state index contributed by atoms with van der Waals surface area (Å²) in [5.74, 6) is 0.831. The number of rotatable bonds is 6. The van der Waals surface area contributed by atoms with Gasteiger partial charge in [0.05, 0.1) is 23.7 Å². The molecule has 120 valence electrons. The Labute approximate surface area is 138 Å². The molecule has 2 aromatic rings. The lowest BCUT2D eigenvalue weighted by atomic mass is 10.2. The third-order valence-electron chi connectivity index (χ3n) is 2.70. The lowest BCUT2D eigenvalue weighted by molar-refractivity contribution is 0.0526. The molecule has 0 radical (unpaired) electrons. The first-order valence-corrected chi connectivity index (χ1v) is 7.46. The van der Waals surface area contributed by atoms with Gasteiger partial charge in [-0.2, -0.15) is 0 Å². The van der Waals surface area contributed by atoms with E-state index in [4.69, 9.17) is 26.8 Å². The van der Waals surface area contributed by atoms with Crippen LogP contribution in [-0.2, 0) is 4.74 Å². The van der Waals surface area contributed by atoms with Crippen molar-refractivity contribution in [3.05, 3.63) is 48.2 Å². The number of hydrogen-bond acceptors (Lipinski definition) is 5. The largest absolute Gasteiger partial charge is 0.462 e. The number of amidine groups is 1. The molecule has 6 nitrogen and oxygen atoms in total. The van der Waals surface area contributed by atoms with Gasteiger partial charge in [-0.25, -0.2) is 14.8 Å². The second kappa shape index (κ2) is 8.14. The Morgan fingerprint density at radius 3 is 2.91 bits per heavy atom. The summed E-state index contributed by atoms with van der Waals surface area (Å²) in [5, 5.41) is 0. The zero-order valence-electron chi connectivity index (χ0n) is 12.5. The SMILES string of the molecule is CCOC(=O)c1ccnc(Oc2cccc(N=C(N)CCl)c2)c1. The van der Waals surface area contributed by atoms with Crippen molar-refractivity contribution < 1.29 is 14.3 Å². The second-order valence-corrected chi connectivity index (χ2v) is 4.71. The van der Waals surface area contributed by atoms with Gasteiger partial charge in [0.25, 0.3) is 0 Å². The normalized spacial score (nSPS) is 11.1. The second-order valence-electron chi connectivity index (χ2n) is 4.44. The fourth-order valence-electron chi connectivity index (χ4n) is 1.74. The molecular formula is C16H16ClN3O3. The molecule has 0 aliphatic heterocycles. The van der Waals surface area contributed by atoms with Crippen LogP contribution in [-0.4, -0.2) is 29.3 Å². The number of nitrogens with two attached hydrogens (primary N) is 1. The van der Waals surface area contributed by atoms with Crippen molar-refractivity contribution in [1.29, 1.82) is 0 Å². The van der Waals surface area contributed by atoms with Crippen LogP contribution in [0.2, 0.25) is 0 Å². The first kappa shape index (κ1) is 16.8. The number of nitrogens with zero attached hydrogens (tertiary/aromatic N) is 2. The van der Waals surface area contributed by atoms with Gasteiger partial charge < -0.3 is 15.2 Å². The van der Waals surface area contributed by atoms with E-state index in [9.17, 15) is 4.79 Å². The standard InChI is InChI=1S/C16H16ClN3O3/c1-2-22-16(21)11-6-7-19-15(8-11)23-13-5-3-4-12(9-13)20-14(18)10-17/h3-9H,2,10H2,1H3,(H2,18,20). The van der Waals surface area contributed by atoms with Crippen molar-refractivity contribution in [2.75, 3.05) is 12.5 Å². The third-order valence-corrected chi connectivity index (χ3v) is 2.97. The zero-order chi connectivity index (χ0) is 16.7. The van der Waals surface area contributed by atoms with Gasteiger partial charge in [0, 0.05) is 18.3 Å². The van der Waals surface area contributed by atoms with E-state index < -0.39 is 5.97 Å². The Morgan fingerprint density at radius 2 is 2.17 bits per heavy atom. The molecule has 0 spiro atoms. The van der Waals surface area contributed by atoms with Crippen LogP contribution in [0.3, 0.4) is 0 Å². The summed E-state index contributed by atoms with van der Waals surface area (Å²) in [6.07, 6.45) is 1.48. The predicted octanol–water partition coefficient (Wildman–Crippen LogP) is 3.28. The van der Waals surface area contributed by atoms with Gasteiger partial charge in [-0.1, -0.05) is 6.07 Å². The van der Waals surface area contributed by atoms with Crippen LogP contribution in [0.4, 0.5) is 5.69 Å². The number of esters is 1. The number of ether oxygens (including phenoxy) is 2. The molecule has 2 N–H and O–H groups in total. The summed E-state index contributed by atoms with van der Waals surface area (Å²) in [4.78, 5) is 19.9. The van der Waals surface area contributed by atoms with E-state index in [1.54, 1.807) is 37.3 Å². The summed E-state index contributed by atoms with van der Waals surface area (Å²) in [5.41, 5.74) is 6.59. The van der Waals surface area contributed by atoms with Gasteiger partial charge in [0.1, 0.15) is 11.6 Å². The molecule has 1 heterocycles. The van der Waals surface area contributed by atoms with Gasteiger partial charge in [0.15, 0.2) is 0 Å². The smallest absolute Gasteiger partial charge is 0.338 e.